The summed E-state index contributed by atoms with van der Waals surface area (Å²) in [6.07, 6.45) is 16.7. The van der Waals surface area contributed by atoms with Gasteiger partial charge in [-0.05, 0) is 43.9 Å². The predicted molar refractivity (Wildman–Crippen MR) is 93.2 cm³/mol. The molecule has 2 unspecified atom stereocenters. The highest BCUT2D eigenvalue weighted by molar-refractivity contribution is 5.79. The zero-order chi connectivity index (χ0) is 15.6. The highest BCUT2D eigenvalue weighted by Crippen LogP contribution is 2.43. The second-order valence-corrected chi connectivity index (χ2v) is 8.55. The monoisotopic (exact) mass is 318 g/mol. The molecule has 4 fully saturated rings. The van der Waals surface area contributed by atoms with E-state index in [4.69, 9.17) is 0 Å². The van der Waals surface area contributed by atoms with E-state index < -0.39 is 0 Å². The van der Waals surface area contributed by atoms with Crippen molar-refractivity contribution in [3.05, 3.63) is 0 Å². The maximum absolute atomic E-state index is 12.6. The van der Waals surface area contributed by atoms with Gasteiger partial charge >= 0.3 is 0 Å². The number of amides is 1. The minimum Gasteiger partial charge on any atom is -0.341 e. The Morgan fingerprint density at radius 1 is 0.826 bits per heavy atom. The van der Waals surface area contributed by atoms with E-state index >= 15 is 0 Å². The second kappa shape index (κ2) is 7.13. The molecule has 3 aliphatic carbocycles. The highest BCUT2D eigenvalue weighted by atomic mass is 16.2. The molecule has 0 spiro atoms. The average molecular weight is 319 g/mol. The molecule has 3 nitrogen and oxygen atoms in total. The van der Waals surface area contributed by atoms with Crippen LogP contribution < -0.4 is 0 Å². The van der Waals surface area contributed by atoms with Crippen molar-refractivity contribution in [2.24, 2.45) is 11.8 Å². The van der Waals surface area contributed by atoms with Crippen LogP contribution in [0.15, 0.2) is 0 Å². The molecule has 4 rings (SSSR count). The van der Waals surface area contributed by atoms with Crippen molar-refractivity contribution < 1.29 is 4.79 Å². The summed E-state index contributed by atoms with van der Waals surface area (Å²) in [6.45, 7) is 2.74. The van der Waals surface area contributed by atoms with Crippen molar-refractivity contribution in [2.45, 2.75) is 89.1 Å². The lowest BCUT2D eigenvalue weighted by Gasteiger charge is -2.45. The van der Waals surface area contributed by atoms with Gasteiger partial charge in [0, 0.05) is 25.2 Å². The van der Waals surface area contributed by atoms with Crippen LogP contribution in [-0.4, -0.2) is 47.4 Å². The van der Waals surface area contributed by atoms with Crippen LogP contribution in [0.2, 0.25) is 0 Å². The smallest absolute Gasteiger partial charge is 0.236 e. The fraction of sp³-hybridized carbons (Fsp3) is 0.950. The van der Waals surface area contributed by atoms with Gasteiger partial charge in [-0.2, -0.15) is 0 Å². The summed E-state index contributed by atoms with van der Waals surface area (Å²) in [4.78, 5) is 17.3. The van der Waals surface area contributed by atoms with E-state index in [2.05, 4.69) is 9.80 Å². The molecule has 0 aromatic rings. The molecule has 130 valence electrons. The summed E-state index contributed by atoms with van der Waals surface area (Å²) in [6, 6.07) is 1.44. The molecule has 0 N–H and O–H groups in total. The van der Waals surface area contributed by atoms with Gasteiger partial charge in [0.2, 0.25) is 5.91 Å². The number of nitrogens with zero attached hydrogens (tertiary/aromatic N) is 2. The van der Waals surface area contributed by atoms with Crippen molar-refractivity contribution in [1.29, 1.82) is 0 Å². The lowest BCUT2D eigenvalue weighted by atomic mass is 9.70. The Kier molecular flexibility index (Phi) is 4.93. The number of likely N-dealkylation sites (tertiary alicyclic amines) is 1. The molecular weight excluding hydrogens is 284 g/mol. The van der Waals surface area contributed by atoms with Crippen molar-refractivity contribution in [2.75, 3.05) is 19.6 Å². The molecule has 0 aromatic carbocycles. The maximum atomic E-state index is 12.6. The second-order valence-electron chi connectivity index (χ2n) is 8.55. The molecule has 3 heteroatoms. The van der Waals surface area contributed by atoms with Gasteiger partial charge in [0.05, 0.1) is 6.54 Å². The lowest BCUT2D eigenvalue weighted by Crippen LogP contribution is -2.53. The van der Waals surface area contributed by atoms with E-state index in [-0.39, 0.29) is 0 Å². The Hall–Kier alpha value is -0.570. The number of carbonyl (C=O) groups excluding carboxylic acids is 1. The standard InChI is InChI=1S/C20H34N2O/c23-20(21-13-6-14-21)15-22(17-11-12-17)19-10-5-4-9-18(19)16-7-2-1-3-8-16/h16-19H,1-15H2. The fourth-order valence-electron chi connectivity index (χ4n) is 5.41. The number of carbonyl (C=O) groups is 1. The van der Waals surface area contributed by atoms with E-state index in [1.165, 1.54) is 77.0 Å². The molecule has 1 amide bonds. The Labute approximate surface area is 141 Å². The van der Waals surface area contributed by atoms with Crippen molar-refractivity contribution in [1.82, 2.24) is 9.80 Å². The first-order valence-electron chi connectivity index (χ1n) is 10.4. The van der Waals surface area contributed by atoms with Gasteiger partial charge in [-0.3, -0.25) is 9.69 Å². The zero-order valence-corrected chi connectivity index (χ0v) is 14.7. The molecule has 1 aliphatic heterocycles. The van der Waals surface area contributed by atoms with Gasteiger partial charge in [-0.1, -0.05) is 44.9 Å². The third-order valence-electron chi connectivity index (χ3n) is 7.01. The Morgan fingerprint density at radius 2 is 1.52 bits per heavy atom. The van der Waals surface area contributed by atoms with E-state index in [1.807, 2.05) is 0 Å². The topological polar surface area (TPSA) is 23.6 Å². The van der Waals surface area contributed by atoms with Gasteiger partial charge < -0.3 is 4.90 Å². The van der Waals surface area contributed by atoms with Gasteiger partial charge in [-0.15, -0.1) is 0 Å². The third kappa shape index (κ3) is 3.60. The Morgan fingerprint density at radius 3 is 2.17 bits per heavy atom. The van der Waals surface area contributed by atoms with E-state index in [0.29, 0.717) is 11.9 Å². The molecule has 1 heterocycles. The van der Waals surface area contributed by atoms with Gasteiger partial charge in [-0.25, -0.2) is 0 Å². The number of hydrogen-bond donors (Lipinski definition) is 0. The Balaban J connectivity index is 1.44. The molecule has 1 saturated heterocycles. The van der Waals surface area contributed by atoms with E-state index in [9.17, 15) is 4.79 Å². The minimum absolute atomic E-state index is 0.413. The first-order valence-corrected chi connectivity index (χ1v) is 10.4. The SMILES string of the molecule is O=C(CN(C1CC1)C1CCCCC1C1CCCCC1)N1CCC1. The molecular formula is C20H34N2O. The van der Waals surface area contributed by atoms with Crippen LogP contribution >= 0.6 is 0 Å². The minimum atomic E-state index is 0.413. The quantitative estimate of drug-likeness (QED) is 0.769. The van der Waals surface area contributed by atoms with Gasteiger partial charge in [0.25, 0.3) is 0 Å². The summed E-state index contributed by atoms with van der Waals surface area (Å²) in [7, 11) is 0. The van der Waals surface area contributed by atoms with Crippen LogP contribution in [0.5, 0.6) is 0 Å². The van der Waals surface area contributed by atoms with Crippen molar-refractivity contribution in [3.8, 4) is 0 Å². The van der Waals surface area contributed by atoms with Crippen LogP contribution in [0, 0.1) is 11.8 Å². The number of hydrogen-bond acceptors (Lipinski definition) is 2. The lowest BCUT2D eigenvalue weighted by molar-refractivity contribution is -0.137. The third-order valence-corrected chi connectivity index (χ3v) is 7.01. The fourth-order valence-corrected chi connectivity index (χ4v) is 5.41. The van der Waals surface area contributed by atoms with Crippen LogP contribution in [0.25, 0.3) is 0 Å². The first kappa shape index (κ1) is 15.9. The molecule has 0 bridgehead atoms. The molecule has 4 aliphatic rings. The molecule has 0 radical (unpaired) electrons. The van der Waals surface area contributed by atoms with Crippen LogP contribution in [0.4, 0.5) is 0 Å². The summed E-state index contributed by atoms with van der Waals surface area (Å²) in [5.41, 5.74) is 0. The number of rotatable bonds is 5. The summed E-state index contributed by atoms with van der Waals surface area (Å²) < 4.78 is 0. The first-order chi connectivity index (χ1) is 11.3. The maximum Gasteiger partial charge on any atom is 0.236 e. The highest BCUT2D eigenvalue weighted by Gasteiger charge is 2.42. The molecule has 23 heavy (non-hydrogen) atoms. The Bertz CT molecular complexity index is 410. The molecule has 3 saturated carbocycles. The summed E-state index contributed by atoms with van der Waals surface area (Å²) >= 11 is 0. The zero-order valence-electron chi connectivity index (χ0n) is 14.7. The largest absolute Gasteiger partial charge is 0.341 e. The van der Waals surface area contributed by atoms with Gasteiger partial charge in [0.1, 0.15) is 0 Å². The average Bonchev–Trinajstić information content (AvgIpc) is 3.37. The summed E-state index contributed by atoms with van der Waals surface area (Å²) in [5.74, 6) is 2.25. The summed E-state index contributed by atoms with van der Waals surface area (Å²) in [5, 5.41) is 0. The van der Waals surface area contributed by atoms with Crippen LogP contribution in [0.3, 0.4) is 0 Å². The molecule has 2 atom stereocenters. The van der Waals surface area contributed by atoms with E-state index in [1.54, 1.807) is 0 Å². The normalized spacial score (nSPS) is 32.8. The van der Waals surface area contributed by atoms with Crippen LogP contribution in [0.1, 0.15) is 77.0 Å². The molecule has 0 aromatic heterocycles. The van der Waals surface area contributed by atoms with Crippen molar-refractivity contribution >= 4 is 5.91 Å². The van der Waals surface area contributed by atoms with E-state index in [0.717, 1.165) is 37.5 Å². The van der Waals surface area contributed by atoms with Crippen molar-refractivity contribution in [3.63, 3.8) is 0 Å². The van der Waals surface area contributed by atoms with Gasteiger partial charge in [0.15, 0.2) is 0 Å². The predicted octanol–water partition coefficient (Wildman–Crippen LogP) is 3.82. The van der Waals surface area contributed by atoms with Crippen LogP contribution in [-0.2, 0) is 4.79 Å².